The van der Waals surface area contributed by atoms with Crippen molar-refractivity contribution in [3.8, 4) is 11.3 Å². The third-order valence-corrected chi connectivity index (χ3v) is 5.63. The summed E-state index contributed by atoms with van der Waals surface area (Å²) in [5.41, 5.74) is 0.371. The number of aliphatic carboxylic acids is 1. The van der Waals surface area contributed by atoms with Crippen LogP contribution in [0, 0.1) is 0 Å². The molecule has 22 heavy (non-hydrogen) atoms. The van der Waals surface area contributed by atoms with Crippen molar-refractivity contribution in [2.24, 2.45) is 0 Å². The van der Waals surface area contributed by atoms with E-state index in [9.17, 15) is 18.3 Å². The molecule has 1 aliphatic rings. The van der Waals surface area contributed by atoms with Gasteiger partial charge < -0.3 is 9.63 Å². The van der Waals surface area contributed by atoms with Gasteiger partial charge in [-0.1, -0.05) is 17.3 Å². The quantitative estimate of drug-likeness (QED) is 0.917. The molecule has 0 aliphatic carbocycles. The van der Waals surface area contributed by atoms with Crippen molar-refractivity contribution < 1.29 is 22.8 Å². The van der Waals surface area contributed by atoms with Crippen molar-refractivity contribution in [2.75, 3.05) is 6.54 Å². The zero-order valence-electron chi connectivity index (χ0n) is 11.5. The summed E-state index contributed by atoms with van der Waals surface area (Å²) >= 11 is 0. The van der Waals surface area contributed by atoms with Crippen LogP contribution >= 0.6 is 0 Å². The average Bonchev–Trinajstić information content (AvgIpc) is 3.18. The predicted octanol–water partition coefficient (Wildman–Crippen LogP) is 1.58. The number of hydrogen-bond donors (Lipinski definition) is 1. The van der Waals surface area contributed by atoms with Crippen LogP contribution in [-0.2, 0) is 14.8 Å². The Morgan fingerprint density at radius 3 is 2.77 bits per heavy atom. The summed E-state index contributed by atoms with van der Waals surface area (Å²) in [7, 11) is -3.92. The van der Waals surface area contributed by atoms with Gasteiger partial charge in [0.05, 0.1) is 11.1 Å². The lowest BCUT2D eigenvalue weighted by atomic mass is 10.2. The Hall–Kier alpha value is -2.19. The molecule has 0 spiro atoms. The maximum Gasteiger partial charge on any atom is 0.322 e. The second-order valence-corrected chi connectivity index (χ2v) is 6.84. The van der Waals surface area contributed by atoms with Crippen LogP contribution in [0.3, 0.4) is 0 Å². The number of carboxylic acids is 1. The normalized spacial score (nSPS) is 19.4. The molecule has 8 heteroatoms. The molecular weight excluding hydrogens is 308 g/mol. The number of sulfonamides is 1. The number of benzene rings is 1. The molecular formula is C14H14N2O5S. The highest BCUT2D eigenvalue weighted by Gasteiger charge is 2.40. The van der Waals surface area contributed by atoms with Crippen LogP contribution in [0.25, 0.3) is 11.3 Å². The molecule has 1 fully saturated rings. The van der Waals surface area contributed by atoms with Gasteiger partial charge in [0, 0.05) is 18.2 Å². The Bertz CT molecular complexity index is 785. The molecule has 2 aromatic rings. The second kappa shape index (κ2) is 5.54. The molecule has 0 bridgehead atoms. The Morgan fingerprint density at radius 2 is 2.09 bits per heavy atom. The minimum absolute atomic E-state index is 0.0277. The van der Waals surface area contributed by atoms with Crippen molar-refractivity contribution in [1.82, 2.24) is 9.46 Å². The average molecular weight is 322 g/mol. The number of aromatic nitrogens is 1. The minimum Gasteiger partial charge on any atom is -0.480 e. The monoisotopic (exact) mass is 322 g/mol. The van der Waals surface area contributed by atoms with Crippen molar-refractivity contribution in [2.45, 2.75) is 23.8 Å². The number of carboxylic acid groups (broad SMARTS) is 1. The molecule has 1 N–H and O–H groups in total. The van der Waals surface area contributed by atoms with Crippen molar-refractivity contribution in [1.29, 1.82) is 0 Å². The lowest BCUT2D eigenvalue weighted by Crippen LogP contribution is -2.40. The Balaban J connectivity index is 2.09. The summed E-state index contributed by atoms with van der Waals surface area (Å²) in [6, 6.07) is 6.89. The maximum absolute atomic E-state index is 12.9. The highest BCUT2D eigenvalue weighted by atomic mass is 32.2. The number of carbonyl (C=O) groups is 1. The van der Waals surface area contributed by atoms with Crippen molar-refractivity contribution in [3.05, 3.63) is 36.5 Å². The minimum atomic E-state index is -3.92. The summed E-state index contributed by atoms with van der Waals surface area (Å²) in [4.78, 5) is 11.3. The SMILES string of the molecule is O=C(O)C1CCCN1S(=O)(=O)c1ccccc1-c1ccno1. The molecule has 1 aliphatic heterocycles. The molecule has 1 unspecified atom stereocenters. The molecule has 1 aromatic carbocycles. The van der Waals surface area contributed by atoms with Gasteiger partial charge in [0.1, 0.15) is 6.04 Å². The van der Waals surface area contributed by atoms with E-state index in [1.54, 1.807) is 24.3 Å². The molecule has 0 radical (unpaired) electrons. The maximum atomic E-state index is 12.9. The molecule has 2 heterocycles. The first-order valence-electron chi connectivity index (χ1n) is 6.76. The van der Waals surface area contributed by atoms with E-state index in [1.807, 2.05) is 0 Å². The molecule has 1 aromatic heterocycles. The predicted molar refractivity (Wildman–Crippen MR) is 76.5 cm³/mol. The smallest absolute Gasteiger partial charge is 0.322 e. The first-order chi connectivity index (χ1) is 10.5. The molecule has 7 nitrogen and oxygen atoms in total. The van der Waals surface area contributed by atoms with E-state index in [4.69, 9.17) is 4.52 Å². The van der Waals surface area contributed by atoms with Gasteiger partial charge >= 0.3 is 5.97 Å². The van der Waals surface area contributed by atoms with Gasteiger partial charge in [-0.05, 0) is 25.0 Å². The van der Waals surface area contributed by atoms with Gasteiger partial charge in [0.25, 0.3) is 0 Å². The Kier molecular flexibility index (Phi) is 3.71. The van der Waals surface area contributed by atoms with E-state index in [0.29, 0.717) is 24.2 Å². The van der Waals surface area contributed by atoms with Crippen LogP contribution in [0.4, 0.5) is 0 Å². The summed E-state index contributed by atoms with van der Waals surface area (Å²) in [6.45, 7) is 0.198. The largest absolute Gasteiger partial charge is 0.480 e. The summed E-state index contributed by atoms with van der Waals surface area (Å²) < 4.78 is 31.8. The van der Waals surface area contributed by atoms with Crippen LogP contribution in [0.15, 0.2) is 45.9 Å². The topological polar surface area (TPSA) is 101 Å². The summed E-state index contributed by atoms with van der Waals surface area (Å²) in [5.74, 6) is -0.802. The lowest BCUT2D eigenvalue weighted by Gasteiger charge is -2.22. The molecule has 116 valence electrons. The molecule has 1 saturated heterocycles. The Morgan fingerprint density at radius 1 is 1.32 bits per heavy atom. The number of rotatable bonds is 4. The zero-order chi connectivity index (χ0) is 15.7. The van der Waals surface area contributed by atoms with Crippen LogP contribution in [0.1, 0.15) is 12.8 Å². The molecule has 0 amide bonds. The van der Waals surface area contributed by atoms with Gasteiger partial charge in [-0.2, -0.15) is 4.31 Å². The third-order valence-electron chi connectivity index (χ3n) is 3.67. The van der Waals surface area contributed by atoms with E-state index >= 15 is 0 Å². The fraction of sp³-hybridized carbons (Fsp3) is 0.286. The van der Waals surface area contributed by atoms with E-state index in [1.165, 1.54) is 12.3 Å². The standard InChI is InChI=1S/C14H14N2O5S/c17-14(18)11-5-3-9-16(11)22(19,20)13-6-2-1-4-10(13)12-7-8-15-21-12/h1-2,4,6-8,11H,3,5,9H2,(H,17,18). The van der Waals surface area contributed by atoms with E-state index in [-0.39, 0.29) is 11.4 Å². The first kappa shape index (κ1) is 14.7. The highest BCUT2D eigenvalue weighted by Crippen LogP contribution is 2.32. The van der Waals surface area contributed by atoms with E-state index < -0.39 is 22.0 Å². The van der Waals surface area contributed by atoms with Gasteiger partial charge in [-0.15, -0.1) is 0 Å². The zero-order valence-corrected chi connectivity index (χ0v) is 12.4. The fourth-order valence-corrected chi connectivity index (χ4v) is 4.50. The number of hydrogen-bond acceptors (Lipinski definition) is 5. The molecule has 3 rings (SSSR count). The van der Waals surface area contributed by atoms with Gasteiger partial charge in [-0.3, -0.25) is 4.79 Å². The summed E-state index contributed by atoms with van der Waals surface area (Å²) in [5, 5.41) is 12.8. The van der Waals surface area contributed by atoms with Crippen molar-refractivity contribution >= 4 is 16.0 Å². The van der Waals surface area contributed by atoms with Crippen LogP contribution in [0.5, 0.6) is 0 Å². The van der Waals surface area contributed by atoms with E-state index in [2.05, 4.69) is 5.16 Å². The van der Waals surface area contributed by atoms with Gasteiger partial charge in [-0.25, -0.2) is 8.42 Å². The summed E-state index contributed by atoms with van der Waals surface area (Å²) in [6.07, 6.45) is 2.27. The second-order valence-electron chi connectivity index (χ2n) is 4.98. The molecule has 1 atom stereocenters. The van der Waals surface area contributed by atoms with E-state index in [0.717, 1.165) is 4.31 Å². The molecule has 0 saturated carbocycles. The van der Waals surface area contributed by atoms with Crippen LogP contribution in [0.2, 0.25) is 0 Å². The van der Waals surface area contributed by atoms with Crippen LogP contribution < -0.4 is 0 Å². The van der Waals surface area contributed by atoms with Crippen LogP contribution in [-0.4, -0.2) is 41.5 Å². The van der Waals surface area contributed by atoms with Gasteiger partial charge in [0.2, 0.25) is 10.0 Å². The first-order valence-corrected chi connectivity index (χ1v) is 8.20. The lowest BCUT2D eigenvalue weighted by molar-refractivity contribution is -0.140. The number of nitrogens with zero attached hydrogens (tertiary/aromatic N) is 2. The third kappa shape index (κ3) is 2.40. The van der Waals surface area contributed by atoms with Gasteiger partial charge in [0.15, 0.2) is 5.76 Å². The van der Waals surface area contributed by atoms with Crippen molar-refractivity contribution in [3.63, 3.8) is 0 Å². The Labute approximate surface area is 127 Å². The fourth-order valence-electron chi connectivity index (χ4n) is 2.65. The highest BCUT2D eigenvalue weighted by molar-refractivity contribution is 7.89.